The number of phosphoric acid groups is 4. The van der Waals surface area contributed by atoms with Gasteiger partial charge in [0.15, 0.2) is 0 Å². The SMILES string of the molecule is Cc1cn(C2CC(O)C(COP(=O)(O)OP(=O)(O)OP(=O)(O)OP(=O)(O)Oc3ccc4c(c3)C(C)(C)C3=C(Cl)C(=O)C(Cl)=CC3=N4)O2)c(=O)[nH]c1=O. The molecule has 21 nitrogen and oxygen atoms in total. The number of nitrogens with one attached hydrogen (secondary N) is 1. The molecule has 1 aliphatic carbocycles. The van der Waals surface area contributed by atoms with Crippen molar-refractivity contribution in [1.82, 2.24) is 9.55 Å². The maximum atomic E-state index is 12.7. The second-order valence-electron chi connectivity index (χ2n) is 11.7. The molecule has 0 spiro atoms. The van der Waals surface area contributed by atoms with Gasteiger partial charge in [0.25, 0.3) is 5.56 Å². The lowest BCUT2D eigenvalue weighted by molar-refractivity contribution is -0.111. The van der Waals surface area contributed by atoms with Crippen LogP contribution in [0.5, 0.6) is 5.75 Å². The highest BCUT2D eigenvalue weighted by atomic mass is 35.5. The van der Waals surface area contributed by atoms with Crippen LogP contribution in [0.15, 0.2) is 60.7 Å². The van der Waals surface area contributed by atoms with Crippen molar-refractivity contribution >= 4 is 71.7 Å². The summed E-state index contributed by atoms with van der Waals surface area (Å²) in [5, 5.41) is 9.89. The van der Waals surface area contributed by atoms with Gasteiger partial charge in [-0.15, -0.1) is 0 Å². The minimum absolute atomic E-state index is 0.127. The zero-order valence-corrected chi connectivity index (χ0v) is 31.6. The van der Waals surface area contributed by atoms with Crippen LogP contribution in [0.25, 0.3) is 0 Å². The van der Waals surface area contributed by atoms with Gasteiger partial charge in [-0.3, -0.25) is 28.6 Å². The number of hydrogen-bond donors (Lipinski definition) is 6. The molecular weight excluding hydrogens is 825 g/mol. The van der Waals surface area contributed by atoms with Crippen LogP contribution in [-0.4, -0.2) is 64.5 Å². The molecule has 0 radical (unpaired) electrons. The Labute approximate surface area is 301 Å². The summed E-state index contributed by atoms with van der Waals surface area (Å²) >= 11 is 12.2. The van der Waals surface area contributed by atoms with Gasteiger partial charge in [-0.25, -0.2) is 28.0 Å². The van der Waals surface area contributed by atoms with Gasteiger partial charge in [-0.2, -0.15) is 12.9 Å². The predicted octanol–water partition coefficient (Wildman–Crippen LogP) is 3.60. The number of carbonyl (C=O) groups is 1. The molecule has 3 heterocycles. The molecule has 1 fully saturated rings. The topological polar surface area (TPSA) is 309 Å². The number of nitrogens with zero attached hydrogens (tertiary/aromatic N) is 2. The number of allylic oxidation sites excluding steroid dienone is 4. The number of Topliss-reactive ketones (excluding diaryl/α,β-unsaturated/α-hetero) is 1. The number of ketones is 1. The molecule has 1 aromatic heterocycles. The summed E-state index contributed by atoms with van der Waals surface area (Å²) in [5.41, 5.74) is -1.31. The van der Waals surface area contributed by atoms with E-state index in [1.54, 1.807) is 13.8 Å². The minimum atomic E-state index is -6.14. The molecule has 7 unspecified atom stereocenters. The average Bonchev–Trinajstić information content (AvgIpc) is 3.34. The third-order valence-corrected chi connectivity index (χ3v) is 14.1. The predicted molar refractivity (Wildman–Crippen MR) is 178 cm³/mol. The van der Waals surface area contributed by atoms with Crippen molar-refractivity contribution in [3.05, 3.63) is 78.1 Å². The van der Waals surface area contributed by atoms with Crippen LogP contribution in [0.2, 0.25) is 0 Å². The summed E-state index contributed by atoms with van der Waals surface area (Å²) in [6, 6.07) is 3.61. The molecule has 0 amide bonds. The Balaban J connectivity index is 1.21. The van der Waals surface area contributed by atoms with Crippen molar-refractivity contribution < 1.29 is 74.5 Å². The van der Waals surface area contributed by atoms with Crippen molar-refractivity contribution in [2.24, 2.45) is 4.99 Å². The van der Waals surface area contributed by atoms with E-state index in [1.165, 1.54) is 25.1 Å². The number of aliphatic hydroxyl groups is 1. The largest absolute Gasteiger partial charge is 0.536 e. The Bertz CT molecular complexity index is 2270. The highest BCUT2D eigenvalue weighted by Crippen LogP contribution is 2.71. The third-order valence-electron chi connectivity index (χ3n) is 7.56. The van der Waals surface area contributed by atoms with E-state index < -0.39 is 84.5 Å². The number of aliphatic imine (C=N–C) groups is 1. The van der Waals surface area contributed by atoms with Gasteiger partial charge >= 0.3 is 37.0 Å². The lowest BCUT2D eigenvalue weighted by atomic mass is 9.71. The fourth-order valence-electron chi connectivity index (χ4n) is 5.30. The van der Waals surface area contributed by atoms with Gasteiger partial charge in [-0.1, -0.05) is 37.0 Å². The molecule has 1 saturated heterocycles. The highest BCUT2D eigenvalue weighted by Gasteiger charge is 2.47. The summed E-state index contributed by atoms with van der Waals surface area (Å²) in [4.78, 5) is 82.5. The molecule has 3 aliphatic rings. The quantitative estimate of drug-likeness (QED) is 0.131. The van der Waals surface area contributed by atoms with Crippen LogP contribution < -0.4 is 15.8 Å². The summed E-state index contributed by atoms with van der Waals surface area (Å²) in [5.74, 6) is -1.12. The summed E-state index contributed by atoms with van der Waals surface area (Å²) in [6.45, 7) is 3.68. The molecule has 1 aromatic carbocycles. The van der Waals surface area contributed by atoms with E-state index in [4.69, 9.17) is 32.5 Å². The number of hydrogen-bond acceptors (Lipinski definition) is 15. The monoisotopic (exact) mass is 851 g/mol. The van der Waals surface area contributed by atoms with Crippen molar-refractivity contribution in [3.8, 4) is 5.75 Å². The number of rotatable bonds is 12. The molecule has 2 aromatic rings. The molecule has 52 heavy (non-hydrogen) atoms. The molecule has 284 valence electrons. The second kappa shape index (κ2) is 14.4. The van der Waals surface area contributed by atoms with E-state index in [2.05, 4.69) is 22.4 Å². The standard InChI is InChI=1S/C25H27Cl2N3O18P4/c1-11-9-30(24(34)29-23(11)33)19-8-17(31)18(44-19)10-43-49(35,36)46-51(39,40)48-52(41,42)47-50(37,38)45-12-4-5-15-13(6-12)25(2,3)20-16(28-15)7-14(26)22(32)21(20)27/h4-7,9,17-19,31H,8,10H2,1-3H3,(H,35,36)(H,37,38)(H,39,40)(H,41,42)(H,29,33,34). The number of halogens is 2. The second-order valence-corrected chi connectivity index (χ2v) is 18.7. The first-order valence-corrected chi connectivity index (χ1v) is 21.0. The van der Waals surface area contributed by atoms with Crippen molar-refractivity contribution in [2.75, 3.05) is 6.61 Å². The Hall–Kier alpha value is -2.38. The number of aromatic nitrogens is 2. The van der Waals surface area contributed by atoms with Crippen LogP contribution in [0.4, 0.5) is 5.69 Å². The molecule has 27 heteroatoms. The lowest BCUT2D eigenvalue weighted by Gasteiger charge is -2.36. The van der Waals surface area contributed by atoms with Crippen LogP contribution in [0.1, 0.15) is 37.6 Å². The average molecular weight is 852 g/mol. The van der Waals surface area contributed by atoms with Crippen molar-refractivity contribution in [1.29, 1.82) is 0 Å². The number of carbonyl (C=O) groups excluding carboxylic acids is 1. The third kappa shape index (κ3) is 8.94. The fourth-order valence-corrected chi connectivity index (χ4v) is 10.9. The number of ether oxygens (including phenoxy) is 1. The van der Waals surface area contributed by atoms with Gasteiger partial charge in [-0.05, 0) is 36.8 Å². The number of fused-ring (bicyclic) bond motifs is 2. The van der Waals surface area contributed by atoms with Crippen LogP contribution >= 0.6 is 54.5 Å². The van der Waals surface area contributed by atoms with Crippen molar-refractivity contribution in [3.63, 3.8) is 0 Å². The van der Waals surface area contributed by atoms with Crippen molar-refractivity contribution in [2.45, 2.75) is 51.0 Å². The van der Waals surface area contributed by atoms with E-state index >= 15 is 0 Å². The number of aromatic amines is 1. The number of phosphoric ester groups is 2. The maximum absolute atomic E-state index is 12.7. The molecule has 5 rings (SSSR count). The molecule has 6 N–H and O–H groups in total. The van der Waals surface area contributed by atoms with E-state index in [0.717, 1.165) is 16.8 Å². The van der Waals surface area contributed by atoms with Gasteiger partial charge < -0.3 is 29.0 Å². The molecule has 0 saturated carbocycles. The first-order chi connectivity index (χ1) is 23.8. The zero-order valence-electron chi connectivity index (χ0n) is 26.5. The first kappa shape index (κ1) is 40.8. The summed E-state index contributed by atoms with van der Waals surface area (Å²) < 4.78 is 77.5. The van der Waals surface area contributed by atoms with Crippen LogP contribution in [-0.2, 0) is 50.7 Å². The lowest BCUT2D eigenvalue weighted by Crippen LogP contribution is -2.33. The maximum Gasteiger partial charge on any atom is 0.536 e. The summed E-state index contributed by atoms with van der Waals surface area (Å²) in [6.07, 6.45) is -1.82. The number of aliphatic hydroxyl groups excluding tert-OH is 1. The van der Waals surface area contributed by atoms with E-state index in [1.807, 2.05) is 4.98 Å². The number of H-pyrrole nitrogens is 1. The van der Waals surface area contributed by atoms with Gasteiger partial charge in [0.2, 0.25) is 5.78 Å². The molecule has 7 atom stereocenters. The summed E-state index contributed by atoms with van der Waals surface area (Å²) in [7, 11) is -23.7. The van der Waals surface area contributed by atoms with E-state index in [9.17, 15) is 57.3 Å². The van der Waals surface area contributed by atoms with Crippen LogP contribution in [0.3, 0.4) is 0 Å². The normalized spacial score (nSPS) is 25.8. The highest BCUT2D eigenvalue weighted by molar-refractivity contribution is 7.69. The van der Waals surface area contributed by atoms with Gasteiger partial charge in [0, 0.05) is 29.2 Å². The first-order valence-electron chi connectivity index (χ1n) is 14.3. The Morgan fingerprint density at radius 3 is 2.27 bits per heavy atom. The Morgan fingerprint density at radius 2 is 1.62 bits per heavy atom. The van der Waals surface area contributed by atoms with Crippen LogP contribution in [0, 0.1) is 6.92 Å². The van der Waals surface area contributed by atoms with Gasteiger partial charge in [0.1, 0.15) is 18.1 Å². The smallest absolute Gasteiger partial charge is 0.404 e. The Morgan fingerprint density at radius 1 is 1.00 bits per heavy atom. The number of aryl methyl sites for hydroxylation is 1. The zero-order chi connectivity index (χ0) is 38.8. The number of benzene rings is 1. The molecule has 2 aliphatic heterocycles. The fraction of sp³-hybridized carbons (Fsp3) is 0.360. The van der Waals surface area contributed by atoms with E-state index in [-0.39, 0.29) is 33.3 Å². The van der Waals surface area contributed by atoms with Gasteiger partial charge in [0.05, 0.1) is 34.2 Å². The molecular formula is C25H27Cl2N3O18P4. The Kier molecular flexibility index (Phi) is 11.3. The minimum Gasteiger partial charge on any atom is -0.404 e. The molecule has 0 bridgehead atoms. The van der Waals surface area contributed by atoms with E-state index in [0.29, 0.717) is 11.3 Å².